The summed E-state index contributed by atoms with van der Waals surface area (Å²) < 4.78 is 28.3. The SMILES string of the molecule is CCN(CC)C(=O)c1ccccc1NC(=O)CN(c1cccc(C)c1C)S(=O)(=O)c1ccccc1. The summed E-state index contributed by atoms with van der Waals surface area (Å²) in [5.41, 5.74) is 2.79. The Morgan fingerprint density at radius 2 is 1.46 bits per heavy atom. The summed E-state index contributed by atoms with van der Waals surface area (Å²) >= 11 is 0. The topological polar surface area (TPSA) is 86.8 Å². The van der Waals surface area contributed by atoms with Crippen molar-refractivity contribution in [1.29, 1.82) is 0 Å². The second-order valence-corrected chi connectivity index (χ2v) is 9.98. The zero-order valence-electron chi connectivity index (χ0n) is 20.5. The summed E-state index contributed by atoms with van der Waals surface area (Å²) in [6.07, 6.45) is 0. The average molecular weight is 494 g/mol. The van der Waals surface area contributed by atoms with E-state index in [-0.39, 0.29) is 10.8 Å². The van der Waals surface area contributed by atoms with E-state index in [1.807, 2.05) is 33.8 Å². The van der Waals surface area contributed by atoms with E-state index in [1.165, 1.54) is 12.1 Å². The third-order valence-electron chi connectivity index (χ3n) is 5.95. The van der Waals surface area contributed by atoms with Crippen LogP contribution in [-0.4, -0.2) is 44.8 Å². The molecule has 8 heteroatoms. The molecule has 3 rings (SSSR count). The average Bonchev–Trinajstić information content (AvgIpc) is 2.86. The van der Waals surface area contributed by atoms with Gasteiger partial charge in [-0.1, -0.05) is 42.5 Å². The molecule has 184 valence electrons. The highest BCUT2D eigenvalue weighted by molar-refractivity contribution is 7.92. The second-order valence-electron chi connectivity index (χ2n) is 8.11. The third-order valence-corrected chi connectivity index (χ3v) is 7.72. The quantitative estimate of drug-likeness (QED) is 0.471. The Morgan fingerprint density at radius 1 is 0.829 bits per heavy atom. The third kappa shape index (κ3) is 5.71. The summed E-state index contributed by atoms with van der Waals surface area (Å²) in [7, 11) is -4.03. The van der Waals surface area contributed by atoms with Crippen LogP contribution in [0, 0.1) is 13.8 Å². The van der Waals surface area contributed by atoms with E-state index < -0.39 is 22.5 Å². The van der Waals surface area contributed by atoms with Gasteiger partial charge in [-0.3, -0.25) is 13.9 Å². The van der Waals surface area contributed by atoms with Crippen LogP contribution in [-0.2, 0) is 14.8 Å². The van der Waals surface area contributed by atoms with Gasteiger partial charge < -0.3 is 10.2 Å². The number of aryl methyl sites for hydroxylation is 1. The van der Waals surface area contributed by atoms with Crippen LogP contribution in [0.4, 0.5) is 11.4 Å². The highest BCUT2D eigenvalue weighted by atomic mass is 32.2. The van der Waals surface area contributed by atoms with Crippen LogP contribution in [0.3, 0.4) is 0 Å². The maximum atomic E-state index is 13.6. The predicted octanol–water partition coefficient (Wildman–Crippen LogP) is 4.62. The fourth-order valence-corrected chi connectivity index (χ4v) is 5.30. The van der Waals surface area contributed by atoms with Gasteiger partial charge in [0.25, 0.3) is 15.9 Å². The minimum Gasteiger partial charge on any atom is -0.339 e. The van der Waals surface area contributed by atoms with E-state index in [0.717, 1.165) is 15.4 Å². The van der Waals surface area contributed by atoms with Crippen molar-refractivity contribution in [2.45, 2.75) is 32.6 Å². The van der Waals surface area contributed by atoms with Crippen molar-refractivity contribution >= 4 is 33.2 Å². The highest BCUT2D eigenvalue weighted by Gasteiger charge is 2.29. The Bertz CT molecular complexity index is 1300. The molecule has 35 heavy (non-hydrogen) atoms. The van der Waals surface area contributed by atoms with E-state index >= 15 is 0 Å². The molecule has 0 radical (unpaired) electrons. The molecule has 7 nitrogen and oxygen atoms in total. The lowest BCUT2D eigenvalue weighted by Gasteiger charge is -2.26. The molecule has 2 amide bonds. The number of nitrogens with one attached hydrogen (secondary N) is 1. The van der Waals surface area contributed by atoms with Gasteiger partial charge in [0.05, 0.1) is 21.8 Å². The Hall–Kier alpha value is -3.65. The van der Waals surface area contributed by atoms with Gasteiger partial charge in [-0.25, -0.2) is 8.42 Å². The number of rotatable bonds is 9. The predicted molar refractivity (Wildman–Crippen MR) is 139 cm³/mol. The van der Waals surface area contributed by atoms with Crippen LogP contribution in [0.25, 0.3) is 0 Å². The maximum Gasteiger partial charge on any atom is 0.264 e. The van der Waals surface area contributed by atoms with Gasteiger partial charge in [0.2, 0.25) is 5.91 Å². The number of para-hydroxylation sites is 1. The van der Waals surface area contributed by atoms with Crippen molar-refractivity contribution in [3.05, 3.63) is 89.5 Å². The van der Waals surface area contributed by atoms with Crippen LogP contribution < -0.4 is 9.62 Å². The molecular formula is C27H31N3O4S. The van der Waals surface area contributed by atoms with E-state index in [2.05, 4.69) is 5.32 Å². The van der Waals surface area contributed by atoms with Gasteiger partial charge in [0.15, 0.2) is 0 Å². The number of hydrogen-bond acceptors (Lipinski definition) is 4. The molecule has 0 saturated carbocycles. The molecule has 0 aliphatic rings. The molecule has 0 aromatic heterocycles. The standard InChI is InChI=1S/C27H31N3O4S/c1-5-29(6-2)27(32)23-16-10-11-17-24(23)28-26(31)19-30(25-18-12-13-20(3)21(25)4)35(33,34)22-14-8-7-9-15-22/h7-18H,5-6,19H2,1-4H3,(H,28,31). The van der Waals surface area contributed by atoms with Gasteiger partial charge in [0, 0.05) is 13.1 Å². The van der Waals surface area contributed by atoms with E-state index in [9.17, 15) is 18.0 Å². The minimum atomic E-state index is -4.03. The van der Waals surface area contributed by atoms with Crippen LogP contribution in [0.15, 0.2) is 77.7 Å². The molecule has 0 heterocycles. The molecule has 3 aromatic rings. The first kappa shape index (κ1) is 26.0. The van der Waals surface area contributed by atoms with Crippen molar-refractivity contribution in [2.24, 2.45) is 0 Å². The van der Waals surface area contributed by atoms with Gasteiger partial charge in [-0.15, -0.1) is 0 Å². The fraction of sp³-hybridized carbons (Fsp3) is 0.259. The zero-order chi connectivity index (χ0) is 25.6. The zero-order valence-corrected chi connectivity index (χ0v) is 21.3. The minimum absolute atomic E-state index is 0.0887. The Kier molecular flexibility index (Phi) is 8.30. The number of amides is 2. The molecule has 0 unspecified atom stereocenters. The monoisotopic (exact) mass is 493 g/mol. The van der Waals surface area contributed by atoms with Crippen molar-refractivity contribution in [2.75, 3.05) is 29.3 Å². The van der Waals surface area contributed by atoms with E-state index in [4.69, 9.17) is 0 Å². The van der Waals surface area contributed by atoms with Crippen LogP contribution >= 0.6 is 0 Å². The largest absolute Gasteiger partial charge is 0.339 e. The number of benzene rings is 3. The second kappa shape index (κ2) is 11.2. The Labute approximate surface area is 207 Å². The van der Waals surface area contributed by atoms with Gasteiger partial charge >= 0.3 is 0 Å². The number of hydrogen-bond donors (Lipinski definition) is 1. The normalized spacial score (nSPS) is 11.1. The molecule has 0 spiro atoms. The van der Waals surface area contributed by atoms with Crippen molar-refractivity contribution in [1.82, 2.24) is 4.90 Å². The van der Waals surface area contributed by atoms with Crippen LogP contribution in [0.1, 0.15) is 35.3 Å². The summed E-state index contributed by atoms with van der Waals surface area (Å²) in [5.74, 6) is -0.751. The van der Waals surface area contributed by atoms with Gasteiger partial charge in [0.1, 0.15) is 6.54 Å². The maximum absolute atomic E-state index is 13.6. The molecule has 0 atom stereocenters. The summed E-state index contributed by atoms with van der Waals surface area (Å²) in [6.45, 7) is 8.11. The van der Waals surface area contributed by atoms with Crippen molar-refractivity contribution in [3.63, 3.8) is 0 Å². The van der Waals surface area contributed by atoms with Gasteiger partial charge in [-0.05, 0) is 69.2 Å². The Balaban J connectivity index is 1.98. The first-order valence-corrected chi connectivity index (χ1v) is 13.0. The summed E-state index contributed by atoms with van der Waals surface area (Å²) in [5, 5.41) is 2.76. The first-order valence-electron chi connectivity index (χ1n) is 11.5. The molecule has 3 aromatic carbocycles. The first-order chi connectivity index (χ1) is 16.7. The molecule has 0 fully saturated rings. The number of carbonyl (C=O) groups excluding carboxylic acids is 2. The van der Waals surface area contributed by atoms with Crippen molar-refractivity contribution < 1.29 is 18.0 Å². The smallest absolute Gasteiger partial charge is 0.264 e. The lowest BCUT2D eigenvalue weighted by molar-refractivity contribution is -0.114. The molecule has 0 aliphatic heterocycles. The van der Waals surface area contributed by atoms with E-state index in [1.54, 1.807) is 59.5 Å². The highest BCUT2D eigenvalue weighted by Crippen LogP contribution is 2.29. The van der Waals surface area contributed by atoms with Gasteiger partial charge in [-0.2, -0.15) is 0 Å². The summed E-state index contributed by atoms with van der Waals surface area (Å²) in [6, 6.07) is 20.1. The van der Waals surface area contributed by atoms with Crippen LogP contribution in [0.5, 0.6) is 0 Å². The number of nitrogens with zero attached hydrogens (tertiary/aromatic N) is 2. The van der Waals surface area contributed by atoms with E-state index in [0.29, 0.717) is 30.0 Å². The number of sulfonamides is 1. The van der Waals surface area contributed by atoms with Crippen molar-refractivity contribution in [3.8, 4) is 0 Å². The number of anilines is 2. The molecule has 0 aliphatic carbocycles. The summed E-state index contributed by atoms with van der Waals surface area (Å²) in [4.78, 5) is 27.9. The molecular weight excluding hydrogens is 462 g/mol. The molecule has 0 saturated heterocycles. The molecule has 1 N–H and O–H groups in total. The molecule has 0 bridgehead atoms. The van der Waals surface area contributed by atoms with Crippen LogP contribution in [0.2, 0.25) is 0 Å². The fourth-order valence-electron chi connectivity index (χ4n) is 3.81. The Morgan fingerprint density at radius 3 is 2.11 bits per heavy atom. The lowest BCUT2D eigenvalue weighted by Crippen LogP contribution is -2.39. The number of carbonyl (C=O) groups is 2. The lowest BCUT2D eigenvalue weighted by atomic mass is 10.1.